The molecule has 0 aromatic carbocycles. The van der Waals surface area contributed by atoms with Crippen LogP contribution in [0.1, 0.15) is 17.7 Å². The Morgan fingerprint density at radius 1 is 1.40 bits per heavy atom. The number of rotatable bonds is 5. The molecule has 0 atom stereocenters. The predicted octanol–water partition coefficient (Wildman–Crippen LogP) is 2.31. The van der Waals surface area contributed by atoms with Crippen LogP contribution in [0.4, 0.5) is 0 Å². The zero-order valence-corrected chi connectivity index (χ0v) is 9.89. The molecule has 0 spiro atoms. The molecule has 0 amide bonds. The summed E-state index contributed by atoms with van der Waals surface area (Å²) in [5.74, 6) is 0.835. The van der Waals surface area contributed by atoms with Crippen LogP contribution in [0.5, 0.6) is 0 Å². The van der Waals surface area contributed by atoms with Crippen molar-refractivity contribution in [1.29, 1.82) is 0 Å². The van der Waals surface area contributed by atoms with Gasteiger partial charge < -0.3 is 10.1 Å². The summed E-state index contributed by atoms with van der Waals surface area (Å²) in [4.78, 5) is 1.48. The molecule has 1 fully saturated rings. The van der Waals surface area contributed by atoms with Gasteiger partial charge in [0.25, 0.3) is 0 Å². The van der Waals surface area contributed by atoms with Crippen LogP contribution in [0.2, 0.25) is 0 Å². The molecule has 0 bridgehead atoms. The second-order valence-electron chi connectivity index (χ2n) is 4.09. The molecule has 3 heteroatoms. The maximum Gasteiger partial charge on any atom is 0.0469 e. The van der Waals surface area contributed by atoms with E-state index in [1.54, 1.807) is 0 Å². The molecule has 2 heterocycles. The normalized spacial score (nSPS) is 18.1. The van der Waals surface area contributed by atoms with Gasteiger partial charge in [-0.3, -0.25) is 0 Å². The Morgan fingerprint density at radius 3 is 3.00 bits per heavy atom. The van der Waals surface area contributed by atoms with Gasteiger partial charge in [-0.15, -0.1) is 11.3 Å². The predicted molar refractivity (Wildman–Crippen MR) is 64.4 cm³/mol. The van der Waals surface area contributed by atoms with E-state index in [9.17, 15) is 0 Å². The van der Waals surface area contributed by atoms with Crippen LogP contribution in [0.15, 0.2) is 17.5 Å². The molecule has 1 N–H and O–H groups in total. The lowest BCUT2D eigenvalue weighted by Gasteiger charge is -2.22. The van der Waals surface area contributed by atoms with Crippen molar-refractivity contribution < 1.29 is 4.74 Å². The summed E-state index contributed by atoms with van der Waals surface area (Å²) in [5, 5.41) is 5.69. The molecule has 15 heavy (non-hydrogen) atoms. The summed E-state index contributed by atoms with van der Waals surface area (Å²) < 4.78 is 5.34. The Morgan fingerprint density at radius 2 is 2.27 bits per heavy atom. The molecule has 1 aliphatic heterocycles. The van der Waals surface area contributed by atoms with Gasteiger partial charge in [-0.2, -0.15) is 0 Å². The summed E-state index contributed by atoms with van der Waals surface area (Å²) >= 11 is 1.85. The number of ether oxygens (including phenoxy) is 1. The molecule has 0 saturated carbocycles. The van der Waals surface area contributed by atoms with Gasteiger partial charge in [0.15, 0.2) is 0 Å². The number of nitrogens with one attached hydrogen (secondary N) is 1. The van der Waals surface area contributed by atoms with Crippen LogP contribution in [-0.2, 0) is 11.2 Å². The third kappa shape index (κ3) is 3.93. The van der Waals surface area contributed by atoms with Crippen LogP contribution in [0.25, 0.3) is 0 Å². The van der Waals surface area contributed by atoms with Crippen molar-refractivity contribution in [2.45, 2.75) is 19.3 Å². The molecule has 0 radical (unpaired) electrons. The highest BCUT2D eigenvalue weighted by Crippen LogP contribution is 2.13. The number of thiophene rings is 1. The molecule has 0 aliphatic carbocycles. The van der Waals surface area contributed by atoms with Gasteiger partial charge in [0.1, 0.15) is 0 Å². The molecule has 1 saturated heterocycles. The van der Waals surface area contributed by atoms with Crippen molar-refractivity contribution in [2.75, 3.05) is 26.3 Å². The van der Waals surface area contributed by atoms with Crippen molar-refractivity contribution in [1.82, 2.24) is 5.32 Å². The topological polar surface area (TPSA) is 21.3 Å². The van der Waals surface area contributed by atoms with Crippen LogP contribution >= 0.6 is 11.3 Å². The van der Waals surface area contributed by atoms with E-state index in [0.29, 0.717) is 0 Å². The standard InChI is InChI=1S/C12H19NOS/c1-2-12(15-9-1)3-6-13-10-11-4-7-14-8-5-11/h1-2,9,11,13H,3-8,10H2. The van der Waals surface area contributed by atoms with E-state index in [1.807, 2.05) is 11.3 Å². The molecular formula is C12H19NOS. The van der Waals surface area contributed by atoms with Crippen LogP contribution in [-0.4, -0.2) is 26.3 Å². The summed E-state index contributed by atoms with van der Waals surface area (Å²) in [7, 11) is 0. The van der Waals surface area contributed by atoms with Crippen LogP contribution in [0.3, 0.4) is 0 Å². The van der Waals surface area contributed by atoms with Gasteiger partial charge in [0.2, 0.25) is 0 Å². The number of hydrogen-bond donors (Lipinski definition) is 1. The minimum absolute atomic E-state index is 0.835. The smallest absolute Gasteiger partial charge is 0.0469 e. The first-order valence-electron chi connectivity index (χ1n) is 5.76. The second kappa shape index (κ2) is 6.26. The summed E-state index contributed by atoms with van der Waals surface area (Å²) in [6, 6.07) is 4.33. The fourth-order valence-electron chi connectivity index (χ4n) is 1.92. The summed E-state index contributed by atoms with van der Waals surface area (Å²) in [5.41, 5.74) is 0. The van der Waals surface area contributed by atoms with Gasteiger partial charge in [0, 0.05) is 18.1 Å². The third-order valence-corrected chi connectivity index (χ3v) is 3.84. The van der Waals surface area contributed by atoms with Gasteiger partial charge in [-0.05, 0) is 49.7 Å². The summed E-state index contributed by atoms with van der Waals surface area (Å²) in [6.45, 7) is 4.18. The SMILES string of the molecule is c1csc(CCNCC2CCOCC2)c1. The zero-order chi connectivity index (χ0) is 10.3. The van der Waals surface area contributed by atoms with Gasteiger partial charge >= 0.3 is 0 Å². The largest absolute Gasteiger partial charge is 0.381 e. The molecule has 2 rings (SSSR count). The average molecular weight is 225 g/mol. The van der Waals surface area contributed by atoms with E-state index in [0.717, 1.165) is 32.2 Å². The monoisotopic (exact) mass is 225 g/mol. The van der Waals surface area contributed by atoms with E-state index < -0.39 is 0 Å². The van der Waals surface area contributed by atoms with Crippen molar-refractivity contribution in [3.05, 3.63) is 22.4 Å². The van der Waals surface area contributed by atoms with E-state index in [-0.39, 0.29) is 0 Å². The van der Waals surface area contributed by atoms with E-state index in [4.69, 9.17) is 4.74 Å². The third-order valence-electron chi connectivity index (χ3n) is 2.90. The fourth-order valence-corrected chi connectivity index (χ4v) is 2.63. The Kier molecular flexibility index (Phi) is 4.64. The Hall–Kier alpha value is -0.380. The molecule has 2 nitrogen and oxygen atoms in total. The zero-order valence-electron chi connectivity index (χ0n) is 9.08. The number of hydrogen-bond acceptors (Lipinski definition) is 3. The van der Waals surface area contributed by atoms with Gasteiger partial charge in [0.05, 0.1) is 0 Å². The highest BCUT2D eigenvalue weighted by atomic mass is 32.1. The second-order valence-corrected chi connectivity index (χ2v) is 5.12. The van der Waals surface area contributed by atoms with Crippen molar-refractivity contribution in [3.63, 3.8) is 0 Å². The Balaban J connectivity index is 1.54. The van der Waals surface area contributed by atoms with Crippen LogP contribution < -0.4 is 5.32 Å². The lowest BCUT2D eigenvalue weighted by Crippen LogP contribution is -2.28. The first-order chi connectivity index (χ1) is 7.45. The van der Waals surface area contributed by atoms with E-state index in [2.05, 4.69) is 22.8 Å². The lowest BCUT2D eigenvalue weighted by molar-refractivity contribution is 0.0664. The summed E-state index contributed by atoms with van der Waals surface area (Å²) in [6.07, 6.45) is 3.62. The molecule has 1 aliphatic rings. The molecule has 1 aromatic rings. The van der Waals surface area contributed by atoms with Crippen molar-refractivity contribution >= 4 is 11.3 Å². The lowest BCUT2D eigenvalue weighted by atomic mass is 10.0. The molecule has 0 unspecified atom stereocenters. The Labute approximate surface area is 95.6 Å². The first-order valence-corrected chi connectivity index (χ1v) is 6.64. The maximum absolute atomic E-state index is 5.34. The minimum Gasteiger partial charge on any atom is -0.381 e. The highest BCUT2D eigenvalue weighted by Gasteiger charge is 2.12. The van der Waals surface area contributed by atoms with E-state index >= 15 is 0 Å². The minimum atomic E-state index is 0.835. The average Bonchev–Trinajstić information content (AvgIpc) is 2.79. The van der Waals surface area contributed by atoms with Gasteiger partial charge in [-0.25, -0.2) is 0 Å². The Bertz CT molecular complexity index is 255. The van der Waals surface area contributed by atoms with Crippen molar-refractivity contribution in [2.24, 2.45) is 5.92 Å². The van der Waals surface area contributed by atoms with E-state index in [1.165, 1.54) is 24.1 Å². The highest BCUT2D eigenvalue weighted by molar-refractivity contribution is 7.09. The van der Waals surface area contributed by atoms with Gasteiger partial charge in [-0.1, -0.05) is 6.07 Å². The van der Waals surface area contributed by atoms with Crippen LogP contribution in [0, 0.1) is 5.92 Å². The molecule has 84 valence electrons. The first kappa shape index (κ1) is 11.1. The fraction of sp³-hybridized carbons (Fsp3) is 0.667. The van der Waals surface area contributed by atoms with Crippen molar-refractivity contribution in [3.8, 4) is 0 Å². The molecular weight excluding hydrogens is 206 g/mol. The molecule has 1 aromatic heterocycles. The maximum atomic E-state index is 5.34. The quantitative estimate of drug-likeness (QED) is 0.776.